The summed E-state index contributed by atoms with van der Waals surface area (Å²) in [6.45, 7) is 0.757. The summed E-state index contributed by atoms with van der Waals surface area (Å²) in [6, 6.07) is 1.63. The smallest absolute Gasteiger partial charge is 0.317 e. The normalized spacial score (nSPS) is 14.2. The number of nitrogens with zero attached hydrogens (tertiary/aromatic N) is 3. The van der Waals surface area contributed by atoms with E-state index < -0.39 is 0 Å². The van der Waals surface area contributed by atoms with Crippen molar-refractivity contribution in [1.82, 2.24) is 20.4 Å². The SMILES string of the molecule is CN(Cc1ccoc1)C(=O)NCc1noc(C2CC2)n1. The minimum absolute atomic E-state index is 0.191. The predicted octanol–water partition coefficient (Wildman–Crippen LogP) is 1.88. The first-order chi connectivity index (χ1) is 9.72. The molecule has 1 saturated carbocycles. The van der Waals surface area contributed by atoms with E-state index in [1.54, 1.807) is 24.5 Å². The van der Waals surface area contributed by atoms with E-state index in [2.05, 4.69) is 15.5 Å². The molecule has 0 aliphatic heterocycles. The maximum absolute atomic E-state index is 11.9. The number of hydrogen-bond donors (Lipinski definition) is 1. The topological polar surface area (TPSA) is 84.4 Å². The molecule has 1 N–H and O–H groups in total. The highest BCUT2D eigenvalue weighted by Crippen LogP contribution is 2.38. The Hall–Kier alpha value is -2.31. The van der Waals surface area contributed by atoms with Crippen LogP contribution in [-0.4, -0.2) is 28.1 Å². The molecule has 0 radical (unpaired) electrons. The molecule has 1 aliphatic rings. The summed E-state index contributed by atoms with van der Waals surface area (Å²) in [5, 5.41) is 6.61. The second-order valence-corrected chi connectivity index (χ2v) is 4.97. The molecule has 0 unspecified atom stereocenters. The van der Waals surface area contributed by atoms with Crippen LogP contribution >= 0.6 is 0 Å². The Labute approximate surface area is 115 Å². The maximum Gasteiger partial charge on any atom is 0.317 e. The van der Waals surface area contributed by atoms with Crippen molar-refractivity contribution >= 4 is 6.03 Å². The molecule has 7 heteroatoms. The maximum atomic E-state index is 11.9. The van der Waals surface area contributed by atoms with Gasteiger partial charge in [-0.25, -0.2) is 4.79 Å². The molecule has 0 saturated heterocycles. The van der Waals surface area contributed by atoms with Crippen molar-refractivity contribution in [3.63, 3.8) is 0 Å². The van der Waals surface area contributed by atoms with Gasteiger partial charge >= 0.3 is 6.03 Å². The number of carbonyl (C=O) groups is 1. The lowest BCUT2D eigenvalue weighted by atomic mass is 10.3. The van der Waals surface area contributed by atoms with E-state index in [1.807, 2.05) is 6.07 Å². The van der Waals surface area contributed by atoms with Crippen LogP contribution in [0.4, 0.5) is 4.79 Å². The van der Waals surface area contributed by atoms with Crippen LogP contribution in [0.15, 0.2) is 27.5 Å². The van der Waals surface area contributed by atoms with Gasteiger partial charge in [-0.1, -0.05) is 5.16 Å². The molecule has 2 aromatic rings. The van der Waals surface area contributed by atoms with E-state index in [0.717, 1.165) is 18.4 Å². The first-order valence-corrected chi connectivity index (χ1v) is 6.55. The molecule has 2 aromatic heterocycles. The summed E-state index contributed by atoms with van der Waals surface area (Å²) in [6.07, 6.45) is 5.42. The first kappa shape index (κ1) is 12.7. The lowest BCUT2D eigenvalue weighted by molar-refractivity contribution is 0.206. The quantitative estimate of drug-likeness (QED) is 0.901. The number of urea groups is 1. The fraction of sp³-hybridized carbons (Fsp3) is 0.462. The molecule has 3 rings (SSSR count). The van der Waals surface area contributed by atoms with E-state index in [-0.39, 0.29) is 12.6 Å². The summed E-state index contributed by atoms with van der Waals surface area (Å²) in [4.78, 5) is 17.7. The standard InChI is InChI=1S/C13H16N4O3/c1-17(7-9-4-5-19-8-9)13(18)14-6-11-15-12(20-16-11)10-2-3-10/h4-5,8,10H,2-3,6-7H2,1H3,(H,14,18). The number of carbonyl (C=O) groups excluding carboxylic acids is 1. The average molecular weight is 276 g/mol. The fourth-order valence-corrected chi connectivity index (χ4v) is 1.85. The molecule has 20 heavy (non-hydrogen) atoms. The van der Waals surface area contributed by atoms with Gasteiger partial charge in [-0.15, -0.1) is 0 Å². The Morgan fingerprint density at radius 1 is 1.55 bits per heavy atom. The monoisotopic (exact) mass is 276 g/mol. The lowest BCUT2D eigenvalue weighted by Crippen LogP contribution is -2.36. The Morgan fingerprint density at radius 3 is 3.10 bits per heavy atom. The molecule has 1 aliphatic carbocycles. The molecule has 2 heterocycles. The summed E-state index contributed by atoms with van der Waals surface area (Å²) in [5.41, 5.74) is 0.943. The van der Waals surface area contributed by atoms with Crippen LogP contribution in [0.1, 0.15) is 36.0 Å². The number of furan rings is 1. The zero-order valence-electron chi connectivity index (χ0n) is 11.2. The number of nitrogens with one attached hydrogen (secondary N) is 1. The van der Waals surface area contributed by atoms with Crippen LogP contribution in [-0.2, 0) is 13.1 Å². The van der Waals surface area contributed by atoms with E-state index in [1.165, 1.54) is 0 Å². The molecule has 106 valence electrons. The van der Waals surface area contributed by atoms with Crippen molar-refractivity contribution in [3.05, 3.63) is 35.9 Å². The van der Waals surface area contributed by atoms with Crippen LogP contribution in [0.3, 0.4) is 0 Å². The molecule has 0 spiro atoms. The van der Waals surface area contributed by atoms with Crippen molar-refractivity contribution in [1.29, 1.82) is 0 Å². The molecule has 1 fully saturated rings. The van der Waals surface area contributed by atoms with Gasteiger partial charge in [0, 0.05) is 18.5 Å². The summed E-state index contributed by atoms with van der Waals surface area (Å²) in [5.74, 6) is 1.62. The predicted molar refractivity (Wildman–Crippen MR) is 68.7 cm³/mol. The average Bonchev–Trinajstić information content (AvgIpc) is 2.98. The Morgan fingerprint density at radius 2 is 2.40 bits per heavy atom. The third-order valence-electron chi connectivity index (χ3n) is 3.15. The zero-order valence-corrected chi connectivity index (χ0v) is 11.2. The van der Waals surface area contributed by atoms with Crippen LogP contribution < -0.4 is 5.32 Å². The van der Waals surface area contributed by atoms with E-state index >= 15 is 0 Å². The molecule has 0 atom stereocenters. The van der Waals surface area contributed by atoms with Gasteiger partial charge in [0.1, 0.15) is 0 Å². The Balaban J connectivity index is 1.47. The molecular weight excluding hydrogens is 260 g/mol. The van der Waals surface area contributed by atoms with E-state index in [0.29, 0.717) is 24.2 Å². The number of hydrogen-bond acceptors (Lipinski definition) is 5. The number of amides is 2. The van der Waals surface area contributed by atoms with Crippen LogP contribution in [0.5, 0.6) is 0 Å². The summed E-state index contributed by atoms with van der Waals surface area (Å²) in [7, 11) is 1.72. The van der Waals surface area contributed by atoms with E-state index in [9.17, 15) is 4.79 Å². The Bertz CT molecular complexity index is 574. The fourth-order valence-electron chi connectivity index (χ4n) is 1.85. The third kappa shape index (κ3) is 2.98. The highest BCUT2D eigenvalue weighted by molar-refractivity contribution is 5.73. The highest BCUT2D eigenvalue weighted by Gasteiger charge is 2.29. The van der Waals surface area contributed by atoms with Gasteiger partial charge in [-0.3, -0.25) is 0 Å². The number of rotatable bonds is 5. The largest absolute Gasteiger partial charge is 0.472 e. The van der Waals surface area contributed by atoms with Crippen molar-refractivity contribution in [2.75, 3.05) is 7.05 Å². The van der Waals surface area contributed by atoms with Gasteiger partial charge in [0.05, 0.1) is 25.6 Å². The second-order valence-electron chi connectivity index (χ2n) is 4.97. The molecule has 2 amide bonds. The molecule has 7 nitrogen and oxygen atoms in total. The molecule has 0 aromatic carbocycles. The van der Waals surface area contributed by atoms with Gasteiger partial charge < -0.3 is 19.2 Å². The zero-order chi connectivity index (χ0) is 13.9. The Kier molecular flexibility index (Phi) is 3.41. The lowest BCUT2D eigenvalue weighted by Gasteiger charge is -2.16. The van der Waals surface area contributed by atoms with Gasteiger partial charge in [-0.2, -0.15) is 4.98 Å². The second kappa shape index (κ2) is 5.36. The molecule has 0 bridgehead atoms. The number of aromatic nitrogens is 2. The summed E-state index contributed by atoms with van der Waals surface area (Å²) >= 11 is 0. The van der Waals surface area contributed by atoms with Gasteiger partial charge in [0.15, 0.2) is 5.82 Å². The van der Waals surface area contributed by atoms with Crippen LogP contribution in [0, 0.1) is 0 Å². The minimum Gasteiger partial charge on any atom is -0.472 e. The summed E-state index contributed by atoms with van der Waals surface area (Å²) < 4.78 is 10.1. The van der Waals surface area contributed by atoms with Crippen LogP contribution in [0.2, 0.25) is 0 Å². The first-order valence-electron chi connectivity index (χ1n) is 6.55. The van der Waals surface area contributed by atoms with Crippen molar-refractivity contribution in [2.24, 2.45) is 0 Å². The van der Waals surface area contributed by atoms with Crippen molar-refractivity contribution in [3.8, 4) is 0 Å². The third-order valence-corrected chi connectivity index (χ3v) is 3.15. The highest BCUT2D eigenvalue weighted by atomic mass is 16.5. The minimum atomic E-state index is -0.191. The van der Waals surface area contributed by atoms with Crippen molar-refractivity contribution < 1.29 is 13.7 Å². The van der Waals surface area contributed by atoms with Crippen LogP contribution in [0.25, 0.3) is 0 Å². The van der Waals surface area contributed by atoms with Crippen molar-refractivity contribution in [2.45, 2.75) is 31.8 Å². The van der Waals surface area contributed by atoms with Gasteiger partial charge in [-0.05, 0) is 18.9 Å². The van der Waals surface area contributed by atoms with E-state index in [4.69, 9.17) is 8.94 Å². The molecular formula is C13H16N4O3. The van der Waals surface area contributed by atoms with Gasteiger partial charge in [0.2, 0.25) is 5.89 Å². The van der Waals surface area contributed by atoms with Gasteiger partial charge in [0.25, 0.3) is 0 Å².